The Morgan fingerprint density at radius 2 is 2.29 bits per heavy atom. The molecule has 0 atom stereocenters. The van der Waals surface area contributed by atoms with Crippen LogP contribution in [0.3, 0.4) is 0 Å². The summed E-state index contributed by atoms with van der Waals surface area (Å²) < 4.78 is 6.22. The number of thiophene rings is 1. The Balaban J connectivity index is 1.91. The van der Waals surface area contributed by atoms with Crippen LogP contribution in [0.2, 0.25) is 0 Å². The van der Waals surface area contributed by atoms with E-state index in [1.165, 1.54) is 21.1 Å². The van der Waals surface area contributed by atoms with Crippen LogP contribution in [0.4, 0.5) is 0 Å². The highest BCUT2D eigenvalue weighted by molar-refractivity contribution is 7.99. The number of hydrogen-bond donors (Lipinski definition) is 0. The predicted molar refractivity (Wildman–Crippen MR) is 73.7 cm³/mol. The van der Waals surface area contributed by atoms with Crippen LogP contribution in [0.25, 0.3) is 10.1 Å². The van der Waals surface area contributed by atoms with Crippen LogP contribution in [0.5, 0.6) is 0 Å². The summed E-state index contributed by atoms with van der Waals surface area (Å²) >= 11 is 3.45. The van der Waals surface area contributed by atoms with Crippen molar-refractivity contribution in [3.05, 3.63) is 42.3 Å². The molecule has 0 radical (unpaired) electrons. The molecule has 0 N–H and O–H groups in total. The first-order chi connectivity index (χ1) is 8.31. The summed E-state index contributed by atoms with van der Waals surface area (Å²) in [6, 6.07) is 8.31. The molecule has 2 aromatic rings. The second-order valence-electron chi connectivity index (χ2n) is 3.32. The van der Waals surface area contributed by atoms with Gasteiger partial charge in [-0.3, -0.25) is 0 Å². The lowest BCUT2D eigenvalue weighted by molar-refractivity contribution is -0.137. The van der Waals surface area contributed by atoms with Gasteiger partial charge in [0.1, 0.15) is 6.61 Å². The van der Waals surface area contributed by atoms with Gasteiger partial charge in [-0.15, -0.1) is 23.1 Å². The van der Waals surface area contributed by atoms with Crippen molar-refractivity contribution >= 4 is 39.2 Å². The number of benzene rings is 1. The third-order valence-electron chi connectivity index (χ3n) is 2.20. The first-order valence-electron chi connectivity index (χ1n) is 5.19. The zero-order valence-corrected chi connectivity index (χ0v) is 10.9. The monoisotopic (exact) mass is 264 g/mol. The van der Waals surface area contributed by atoms with Gasteiger partial charge in [0, 0.05) is 32.2 Å². The van der Waals surface area contributed by atoms with Gasteiger partial charge in [0.25, 0.3) is 0 Å². The topological polar surface area (TPSA) is 26.3 Å². The summed E-state index contributed by atoms with van der Waals surface area (Å²) in [6.07, 6.45) is 1.19. The van der Waals surface area contributed by atoms with Gasteiger partial charge in [0.2, 0.25) is 0 Å². The molecule has 1 aromatic heterocycles. The lowest BCUT2D eigenvalue weighted by Gasteiger charge is -2.01. The van der Waals surface area contributed by atoms with E-state index in [2.05, 4.69) is 24.1 Å². The van der Waals surface area contributed by atoms with Crippen molar-refractivity contribution in [2.24, 2.45) is 0 Å². The third kappa shape index (κ3) is 3.11. The van der Waals surface area contributed by atoms with Crippen LogP contribution in [-0.2, 0) is 9.53 Å². The van der Waals surface area contributed by atoms with Gasteiger partial charge in [-0.2, -0.15) is 0 Å². The van der Waals surface area contributed by atoms with Crippen molar-refractivity contribution in [3.63, 3.8) is 0 Å². The summed E-state index contributed by atoms with van der Waals surface area (Å²) in [5.74, 6) is 0.404. The van der Waals surface area contributed by atoms with Gasteiger partial charge in [-0.05, 0) is 6.07 Å². The molecule has 0 saturated carbocycles. The van der Waals surface area contributed by atoms with E-state index in [1.807, 2.05) is 12.1 Å². The average molecular weight is 264 g/mol. The van der Waals surface area contributed by atoms with Gasteiger partial charge < -0.3 is 4.74 Å². The maximum atomic E-state index is 10.8. The Morgan fingerprint density at radius 1 is 1.47 bits per heavy atom. The number of thioether (sulfide) groups is 1. The number of hydrogen-bond acceptors (Lipinski definition) is 4. The largest absolute Gasteiger partial charge is 0.462 e. The Hall–Kier alpha value is -1.26. The van der Waals surface area contributed by atoms with Crippen LogP contribution >= 0.6 is 23.1 Å². The van der Waals surface area contributed by atoms with E-state index >= 15 is 0 Å². The first kappa shape index (κ1) is 12.2. The van der Waals surface area contributed by atoms with Crippen molar-refractivity contribution in [1.29, 1.82) is 0 Å². The Bertz CT molecular complexity index is 531. The van der Waals surface area contributed by atoms with E-state index in [1.54, 1.807) is 23.1 Å². The molecule has 0 aliphatic carbocycles. The standard InChI is InChI=1S/C13H12O2S2/c1-2-13(14)15-7-8-16-12-9-17-11-6-4-3-5-10(11)12/h2-6,9H,1,7-8H2. The van der Waals surface area contributed by atoms with Gasteiger partial charge in [-0.25, -0.2) is 4.79 Å². The molecule has 1 aromatic carbocycles. The fraction of sp³-hybridized carbons (Fsp3) is 0.154. The van der Waals surface area contributed by atoms with Crippen LogP contribution in [0.1, 0.15) is 0 Å². The number of ether oxygens (including phenoxy) is 1. The molecule has 1 heterocycles. The molecule has 4 heteroatoms. The minimum absolute atomic E-state index is 0.360. The van der Waals surface area contributed by atoms with E-state index < -0.39 is 0 Å². The Morgan fingerprint density at radius 3 is 3.12 bits per heavy atom. The van der Waals surface area contributed by atoms with E-state index in [9.17, 15) is 4.79 Å². The van der Waals surface area contributed by atoms with E-state index in [-0.39, 0.29) is 5.97 Å². The molecule has 0 saturated heterocycles. The van der Waals surface area contributed by atoms with Gasteiger partial charge in [0.05, 0.1) is 0 Å². The zero-order valence-electron chi connectivity index (χ0n) is 9.22. The van der Waals surface area contributed by atoms with Gasteiger partial charge in [-0.1, -0.05) is 24.8 Å². The van der Waals surface area contributed by atoms with Crippen molar-refractivity contribution < 1.29 is 9.53 Å². The van der Waals surface area contributed by atoms with Crippen LogP contribution < -0.4 is 0 Å². The molecule has 0 fully saturated rings. The molecule has 0 unspecified atom stereocenters. The summed E-state index contributed by atoms with van der Waals surface area (Å²) in [5.41, 5.74) is 0. The molecule has 2 rings (SSSR count). The molecular formula is C13H12O2S2. The van der Waals surface area contributed by atoms with Crippen molar-refractivity contribution in [2.75, 3.05) is 12.4 Å². The maximum absolute atomic E-state index is 10.8. The molecule has 2 nitrogen and oxygen atoms in total. The molecule has 0 aliphatic heterocycles. The lowest BCUT2D eigenvalue weighted by Crippen LogP contribution is -2.03. The second-order valence-corrected chi connectivity index (χ2v) is 5.36. The SMILES string of the molecule is C=CC(=O)OCCSc1csc2ccccc12. The summed E-state index contributed by atoms with van der Waals surface area (Å²) in [5, 5.41) is 3.42. The molecular weight excluding hydrogens is 252 g/mol. The van der Waals surface area contributed by atoms with E-state index in [0.717, 1.165) is 5.75 Å². The fourth-order valence-electron chi connectivity index (χ4n) is 1.42. The predicted octanol–water partition coefficient (Wildman–Crippen LogP) is 3.72. The minimum atomic E-state index is -0.360. The van der Waals surface area contributed by atoms with Gasteiger partial charge in [0.15, 0.2) is 0 Å². The Labute approximate surface area is 108 Å². The number of carbonyl (C=O) groups excluding carboxylic acids is 1. The maximum Gasteiger partial charge on any atom is 0.330 e. The number of carbonyl (C=O) groups is 1. The van der Waals surface area contributed by atoms with E-state index in [4.69, 9.17) is 4.74 Å². The number of fused-ring (bicyclic) bond motifs is 1. The molecule has 88 valence electrons. The zero-order chi connectivity index (χ0) is 12.1. The van der Waals surface area contributed by atoms with Crippen molar-refractivity contribution in [2.45, 2.75) is 4.90 Å². The van der Waals surface area contributed by atoms with Gasteiger partial charge >= 0.3 is 5.97 Å². The number of rotatable bonds is 5. The molecule has 0 amide bonds. The van der Waals surface area contributed by atoms with Crippen molar-refractivity contribution in [1.82, 2.24) is 0 Å². The second kappa shape index (κ2) is 5.89. The number of esters is 1. The smallest absolute Gasteiger partial charge is 0.330 e. The molecule has 0 spiro atoms. The molecule has 0 bridgehead atoms. The summed E-state index contributed by atoms with van der Waals surface area (Å²) in [6.45, 7) is 3.77. The Kier molecular flexibility index (Phi) is 4.23. The fourth-order valence-corrected chi connectivity index (χ4v) is 3.44. The highest BCUT2D eigenvalue weighted by Gasteiger charge is 2.04. The molecule has 17 heavy (non-hydrogen) atoms. The summed E-state index contributed by atoms with van der Waals surface area (Å²) in [4.78, 5) is 12.1. The minimum Gasteiger partial charge on any atom is -0.462 e. The molecule has 0 aliphatic rings. The third-order valence-corrected chi connectivity index (χ3v) is 4.33. The van der Waals surface area contributed by atoms with Crippen LogP contribution in [0.15, 0.2) is 47.2 Å². The average Bonchev–Trinajstić information content (AvgIpc) is 2.78. The van der Waals surface area contributed by atoms with Crippen molar-refractivity contribution in [3.8, 4) is 0 Å². The normalized spacial score (nSPS) is 10.4. The van der Waals surface area contributed by atoms with Crippen LogP contribution in [0, 0.1) is 0 Å². The highest BCUT2D eigenvalue weighted by atomic mass is 32.2. The summed E-state index contributed by atoms with van der Waals surface area (Å²) in [7, 11) is 0. The first-order valence-corrected chi connectivity index (χ1v) is 7.06. The van der Waals surface area contributed by atoms with Crippen LogP contribution in [-0.4, -0.2) is 18.3 Å². The quantitative estimate of drug-likeness (QED) is 0.356. The lowest BCUT2D eigenvalue weighted by atomic mass is 10.3. The van der Waals surface area contributed by atoms with E-state index in [0.29, 0.717) is 6.61 Å². The highest BCUT2D eigenvalue weighted by Crippen LogP contribution is 2.32.